The second-order valence-electron chi connectivity index (χ2n) is 5.41. The number of rotatable bonds is 2. The Bertz CT molecular complexity index is 848. The molecule has 0 bridgehead atoms. The molecule has 116 valence electrons. The van der Waals surface area contributed by atoms with Crippen molar-refractivity contribution < 1.29 is 14.4 Å². The number of carbonyl (C=O) groups is 3. The van der Waals surface area contributed by atoms with Gasteiger partial charge < -0.3 is 4.57 Å². The minimum Gasteiger partial charge on any atom is -0.357 e. The van der Waals surface area contributed by atoms with E-state index in [0.29, 0.717) is 11.3 Å². The zero-order chi connectivity index (χ0) is 16.6. The highest BCUT2D eigenvalue weighted by molar-refractivity contribution is 6.39. The Morgan fingerprint density at radius 3 is 2.57 bits per heavy atom. The normalized spacial score (nSPS) is 16.9. The number of nitrogens with one attached hydrogen (secondary N) is 1. The summed E-state index contributed by atoms with van der Waals surface area (Å²) in [4.78, 5) is 37.7. The summed E-state index contributed by atoms with van der Waals surface area (Å²) in [6.45, 7) is 1.86. The Kier molecular flexibility index (Phi) is 3.57. The van der Waals surface area contributed by atoms with Crippen LogP contribution in [0.2, 0.25) is 0 Å². The second-order valence-corrected chi connectivity index (χ2v) is 5.41. The molecule has 1 N–H and O–H groups in total. The number of imide groups is 2. The molecule has 3 rings (SSSR count). The second kappa shape index (κ2) is 5.57. The van der Waals surface area contributed by atoms with Gasteiger partial charge in [0.1, 0.15) is 5.57 Å². The molecule has 0 spiro atoms. The van der Waals surface area contributed by atoms with Crippen LogP contribution in [0.15, 0.2) is 48.3 Å². The zero-order valence-corrected chi connectivity index (χ0v) is 12.7. The fourth-order valence-corrected chi connectivity index (χ4v) is 2.44. The van der Waals surface area contributed by atoms with Crippen molar-refractivity contribution in [1.29, 1.82) is 0 Å². The maximum Gasteiger partial charge on any atom is 0.335 e. The third kappa shape index (κ3) is 2.78. The number of benzene rings is 1. The maximum atomic E-state index is 12.6. The smallest absolute Gasteiger partial charge is 0.335 e. The van der Waals surface area contributed by atoms with Crippen molar-refractivity contribution in [2.45, 2.75) is 6.92 Å². The number of aromatic nitrogens is 1. The Balaban J connectivity index is 2.02. The van der Waals surface area contributed by atoms with Crippen molar-refractivity contribution in [3.05, 3.63) is 59.4 Å². The summed E-state index contributed by atoms with van der Waals surface area (Å²) in [6, 6.07) is 8.02. The molecule has 23 heavy (non-hydrogen) atoms. The summed E-state index contributed by atoms with van der Waals surface area (Å²) in [7, 11) is 1.84. The summed E-state index contributed by atoms with van der Waals surface area (Å²) in [5.41, 5.74) is 1.98. The summed E-state index contributed by atoms with van der Waals surface area (Å²) in [6.07, 6.45) is 5.06. The van der Waals surface area contributed by atoms with Gasteiger partial charge in [-0.1, -0.05) is 12.1 Å². The first-order valence-electron chi connectivity index (χ1n) is 7.06. The molecule has 2 aromatic rings. The average Bonchev–Trinajstić information content (AvgIpc) is 2.89. The van der Waals surface area contributed by atoms with Crippen LogP contribution in [0.3, 0.4) is 0 Å². The number of amides is 4. The number of aryl methyl sites for hydroxylation is 2. The van der Waals surface area contributed by atoms with E-state index in [1.807, 2.05) is 20.0 Å². The van der Waals surface area contributed by atoms with E-state index in [-0.39, 0.29) is 5.57 Å². The van der Waals surface area contributed by atoms with Gasteiger partial charge in [0.2, 0.25) is 0 Å². The number of hydrogen-bond donors (Lipinski definition) is 1. The lowest BCUT2D eigenvalue weighted by Gasteiger charge is -2.26. The Morgan fingerprint density at radius 1 is 1.13 bits per heavy atom. The molecule has 1 fully saturated rings. The molecule has 0 saturated carbocycles. The van der Waals surface area contributed by atoms with E-state index in [1.54, 1.807) is 41.2 Å². The number of nitrogens with zero attached hydrogens (tertiary/aromatic N) is 2. The highest BCUT2D eigenvalue weighted by Crippen LogP contribution is 2.22. The van der Waals surface area contributed by atoms with Crippen LogP contribution in [-0.4, -0.2) is 22.4 Å². The minimum atomic E-state index is -0.740. The molecule has 0 atom stereocenters. The lowest BCUT2D eigenvalue weighted by atomic mass is 10.1. The van der Waals surface area contributed by atoms with Gasteiger partial charge in [-0.05, 0) is 42.3 Å². The molecule has 1 aliphatic rings. The summed E-state index contributed by atoms with van der Waals surface area (Å²) in [5.74, 6) is -1.32. The lowest BCUT2D eigenvalue weighted by molar-refractivity contribution is -0.122. The molecule has 0 aliphatic carbocycles. The van der Waals surface area contributed by atoms with Gasteiger partial charge in [0.15, 0.2) is 0 Å². The largest absolute Gasteiger partial charge is 0.357 e. The average molecular weight is 309 g/mol. The van der Waals surface area contributed by atoms with Crippen LogP contribution in [0.4, 0.5) is 10.5 Å². The molecular formula is C17H15N3O3. The summed E-state index contributed by atoms with van der Waals surface area (Å²) < 4.78 is 1.81. The van der Waals surface area contributed by atoms with Crippen LogP contribution < -0.4 is 10.2 Å². The van der Waals surface area contributed by atoms with Crippen LogP contribution >= 0.6 is 0 Å². The van der Waals surface area contributed by atoms with Gasteiger partial charge in [-0.15, -0.1) is 0 Å². The Hall–Kier alpha value is -3.15. The fourth-order valence-electron chi connectivity index (χ4n) is 2.44. The van der Waals surface area contributed by atoms with E-state index in [9.17, 15) is 14.4 Å². The quantitative estimate of drug-likeness (QED) is 0.681. The Labute approximate surface area is 133 Å². The van der Waals surface area contributed by atoms with Crippen LogP contribution in [0, 0.1) is 6.92 Å². The lowest BCUT2D eigenvalue weighted by Crippen LogP contribution is -2.54. The molecule has 0 radical (unpaired) electrons. The van der Waals surface area contributed by atoms with Crippen LogP contribution in [0.5, 0.6) is 0 Å². The third-order valence-corrected chi connectivity index (χ3v) is 3.53. The van der Waals surface area contributed by atoms with Gasteiger partial charge in [0, 0.05) is 19.4 Å². The van der Waals surface area contributed by atoms with Crippen molar-refractivity contribution in [2.75, 3.05) is 4.90 Å². The number of hydrogen-bond acceptors (Lipinski definition) is 3. The molecule has 2 heterocycles. The van der Waals surface area contributed by atoms with Gasteiger partial charge in [-0.25, -0.2) is 9.69 Å². The molecular weight excluding hydrogens is 294 g/mol. The van der Waals surface area contributed by atoms with Gasteiger partial charge >= 0.3 is 6.03 Å². The molecule has 1 aliphatic heterocycles. The van der Waals surface area contributed by atoms with Crippen LogP contribution in [0.1, 0.15) is 11.1 Å². The van der Waals surface area contributed by atoms with Crippen molar-refractivity contribution in [3.8, 4) is 0 Å². The standard InChI is InChI=1S/C17H15N3O3/c1-11-4-3-5-13(8-11)20-16(22)14(15(21)18-17(20)23)9-12-6-7-19(2)10-12/h3-10H,1-2H3,(H,18,21,23)/b14-9-. The number of barbiturate groups is 1. The topological polar surface area (TPSA) is 71.4 Å². The van der Waals surface area contributed by atoms with Crippen molar-refractivity contribution in [1.82, 2.24) is 9.88 Å². The number of carbonyl (C=O) groups excluding carboxylic acids is 3. The van der Waals surface area contributed by atoms with E-state index in [0.717, 1.165) is 10.5 Å². The first kappa shape index (κ1) is 14.8. The van der Waals surface area contributed by atoms with Gasteiger partial charge in [0.25, 0.3) is 11.8 Å². The van der Waals surface area contributed by atoms with Gasteiger partial charge in [-0.2, -0.15) is 0 Å². The fraction of sp³-hybridized carbons (Fsp3) is 0.118. The monoisotopic (exact) mass is 309 g/mol. The third-order valence-electron chi connectivity index (χ3n) is 3.53. The van der Waals surface area contributed by atoms with E-state index in [1.165, 1.54) is 6.08 Å². The molecule has 1 aromatic heterocycles. The molecule has 1 saturated heterocycles. The number of urea groups is 1. The predicted molar refractivity (Wildman–Crippen MR) is 85.6 cm³/mol. The van der Waals surface area contributed by atoms with Crippen molar-refractivity contribution in [3.63, 3.8) is 0 Å². The maximum absolute atomic E-state index is 12.6. The Morgan fingerprint density at radius 2 is 1.91 bits per heavy atom. The first-order chi connectivity index (χ1) is 11.0. The van der Waals surface area contributed by atoms with E-state index in [2.05, 4.69) is 5.32 Å². The molecule has 6 nitrogen and oxygen atoms in total. The van der Waals surface area contributed by atoms with E-state index >= 15 is 0 Å². The minimum absolute atomic E-state index is 0.0719. The molecule has 6 heteroatoms. The van der Waals surface area contributed by atoms with E-state index in [4.69, 9.17) is 0 Å². The van der Waals surface area contributed by atoms with Gasteiger partial charge in [-0.3, -0.25) is 14.9 Å². The van der Waals surface area contributed by atoms with Crippen LogP contribution in [-0.2, 0) is 16.6 Å². The highest BCUT2D eigenvalue weighted by atomic mass is 16.2. The molecule has 4 amide bonds. The SMILES string of the molecule is Cc1cccc(N2C(=O)NC(=O)/C(=C/c3ccn(C)c3)C2=O)c1. The predicted octanol–water partition coefficient (Wildman–Crippen LogP) is 2.00. The van der Waals surface area contributed by atoms with Crippen molar-refractivity contribution >= 4 is 29.6 Å². The number of anilines is 1. The van der Waals surface area contributed by atoms with Gasteiger partial charge in [0.05, 0.1) is 5.69 Å². The zero-order valence-electron chi connectivity index (χ0n) is 12.7. The first-order valence-corrected chi connectivity index (χ1v) is 7.06. The van der Waals surface area contributed by atoms with Crippen LogP contribution in [0.25, 0.3) is 6.08 Å². The van der Waals surface area contributed by atoms with Crippen molar-refractivity contribution in [2.24, 2.45) is 7.05 Å². The summed E-state index contributed by atoms with van der Waals surface area (Å²) in [5, 5.41) is 2.21. The summed E-state index contributed by atoms with van der Waals surface area (Å²) >= 11 is 0. The highest BCUT2D eigenvalue weighted by Gasteiger charge is 2.36. The molecule has 1 aromatic carbocycles. The molecule has 0 unspecified atom stereocenters. The van der Waals surface area contributed by atoms with E-state index < -0.39 is 17.8 Å².